The summed E-state index contributed by atoms with van der Waals surface area (Å²) in [6, 6.07) is 0. The molecule has 0 heterocycles. The topological polar surface area (TPSA) is 49.8 Å². The van der Waals surface area contributed by atoms with E-state index in [0.717, 1.165) is 0 Å². The maximum absolute atomic E-state index is 2.00. The van der Waals surface area contributed by atoms with Gasteiger partial charge in [-0.15, -0.1) is 0 Å². The zero-order valence-electron chi connectivity index (χ0n) is 8.87. The largest absolute Gasteiger partial charge is 1.00 e. The minimum absolute atomic E-state index is 0. The lowest BCUT2D eigenvalue weighted by atomic mass is 11.3. The molecule has 0 saturated heterocycles. The summed E-state index contributed by atoms with van der Waals surface area (Å²) in [6.07, 6.45) is 0. The lowest BCUT2D eigenvalue weighted by molar-refractivity contribution is -0.597. The minimum Gasteiger partial charge on any atom is -1.00 e. The molecule has 0 fully saturated rings. The van der Waals surface area contributed by atoms with Crippen molar-refractivity contribution in [2.75, 3.05) is 42.3 Å². The van der Waals surface area contributed by atoms with Gasteiger partial charge in [-0.1, -0.05) is 0 Å². The Morgan fingerprint density at radius 1 is 0.417 bits per heavy atom. The van der Waals surface area contributed by atoms with Gasteiger partial charge in [-0.3, -0.25) is 0 Å². The van der Waals surface area contributed by atoms with Crippen LogP contribution in [0.4, 0.5) is 0 Å². The summed E-state index contributed by atoms with van der Waals surface area (Å²) in [5.74, 6) is 0. The average molecular weight is 245 g/mol. The number of hydrogen-bond acceptors (Lipinski definition) is 0. The molecule has 0 atom stereocenters. The normalized spacial score (nSPS) is 4.50. The third-order valence-electron chi connectivity index (χ3n) is 0. The molecule has 0 radical (unpaired) electrons. The molecule has 0 aliphatic rings. The molecule has 0 aliphatic carbocycles. The maximum Gasteiger partial charge on any atom is 0.0647 e. The summed E-state index contributed by atoms with van der Waals surface area (Å²) >= 11 is 0. The van der Waals surface area contributed by atoms with Gasteiger partial charge in [0.25, 0.3) is 0 Å². The molecular formula is C6H24Cl3N3. The van der Waals surface area contributed by atoms with Crippen LogP contribution in [0.25, 0.3) is 0 Å². The van der Waals surface area contributed by atoms with Gasteiger partial charge >= 0.3 is 0 Å². The van der Waals surface area contributed by atoms with Crippen molar-refractivity contribution >= 4 is 0 Å². The Hall–Kier alpha value is 0.750. The van der Waals surface area contributed by atoms with E-state index < -0.39 is 0 Å². The van der Waals surface area contributed by atoms with Crippen molar-refractivity contribution in [2.24, 2.45) is 0 Å². The van der Waals surface area contributed by atoms with Crippen molar-refractivity contribution in [3.63, 3.8) is 0 Å². The maximum atomic E-state index is 2.00. The molecule has 6 heteroatoms. The first-order chi connectivity index (χ1) is 4.24. The molecule has 0 aromatic heterocycles. The van der Waals surface area contributed by atoms with E-state index in [4.69, 9.17) is 0 Å². The van der Waals surface area contributed by atoms with E-state index in [1.54, 1.807) is 0 Å². The van der Waals surface area contributed by atoms with Crippen LogP contribution in [0.5, 0.6) is 0 Å². The third-order valence-corrected chi connectivity index (χ3v) is 0. The second-order valence-electron chi connectivity index (χ2n) is 1.73. The van der Waals surface area contributed by atoms with Crippen LogP contribution in [0.15, 0.2) is 0 Å². The summed E-state index contributed by atoms with van der Waals surface area (Å²) in [4.78, 5) is 0. The smallest absolute Gasteiger partial charge is 0.0647 e. The van der Waals surface area contributed by atoms with E-state index in [-0.39, 0.29) is 37.2 Å². The van der Waals surface area contributed by atoms with Gasteiger partial charge < -0.3 is 53.2 Å². The summed E-state index contributed by atoms with van der Waals surface area (Å²) in [5.41, 5.74) is 0. The standard InChI is InChI=1S/3C2H7N.3ClH/c3*1-3-2;;;/h3*3H,1-2H3;3*1H. The molecule has 0 rings (SSSR count). The minimum atomic E-state index is 0. The van der Waals surface area contributed by atoms with Crippen molar-refractivity contribution in [1.29, 1.82) is 0 Å². The van der Waals surface area contributed by atoms with E-state index in [9.17, 15) is 0 Å². The molecule has 0 aromatic rings. The highest BCUT2D eigenvalue weighted by molar-refractivity contribution is 3.36. The van der Waals surface area contributed by atoms with Crippen molar-refractivity contribution in [2.45, 2.75) is 0 Å². The van der Waals surface area contributed by atoms with Gasteiger partial charge in [-0.25, -0.2) is 0 Å². The Kier molecular flexibility index (Phi) is 311. The molecule has 6 N–H and O–H groups in total. The van der Waals surface area contributed by atoms with Crippen molar-refractivity contribution in [3.8, 4) is 0 Å². The molecule has 0 aromatic carbocycles. The van der Waals surface area contributed by atoms with Crippen LogP contribution >= 0.6 is 0 Å². The lowest BCUT2D eigenvalue weighted by Crippen LogP contribution is -3.00. The van der Waals surface area contributed by atoms with Gasteiger partial charge in [0.05, 0.1) is 42.3 Å². The zero-order valence-corrected chi connectivity index (χ0v) is 11.1. The van der Waals surface area contributed by atoms with Gasteiger partial charge in [0.15, 0.2) is 0 Å². The molecule has 0 amide bonds. The molecule has 0 saturated carbocycles. The summed E-state index contributed by atoms with van der Waals surface area (Å²) < 4.78 is 0. The van der Waals surface area contributed by atoms with Crippen LogP contribution < -0.4 is 53.2 Å². The molecule has 0 bridgehead atoms. The molecule has 0 aliphatic heterocycles. The average Bonchev–Trinajstić information content (AvgIpc) is 1.70. The highest BCUT2D eigenvalue weighted by Gasteiger charge is 1.29. The Morgan fingerprint density at radius 2 is 0.417 bits per heavy atom. The van der Waals surface area contributed by atoms with Crippen LogP contribution in [0, 0.1) is 0 Å². The number of rotatable bonds is 0. The first-order valence-electron chi connectivity index (χ1n) is 3.46. The van der Waals surface area contributed by atoms with Crippen molar-refractivity contribution in [3.05, 3.63) is 0 Å². The van der Waals surface area contributed by atoms with Gasteiger partial charge in [0, 0.05) is 0 Å². The molecule has 12 heavy (non-hydrogen) atoms. The van der Waals surface area contributed by atoms with E-state index in [0.29, 0.717) is 0 Å². The first kappa shape index (κ1) is 38.6. The molecular weight excluding hydrogens is 220 g/mol. The monoisotopic (exact) mass is 243 g/mol. The first-order valence-corrected chi connectivity index (χ1v) is 3.46. The van der Waals surface area contributed by atoms with E-state index in [2.05, 4.69) is 0 Å². The Labute approximate surface area is 95.7 Å². The molecule has 84 valence electrons. The second-order valence-corrected chi connectivity index (χ2v) is 1.73. The fourth-order valence-corrected chi connectivity index (χ4v) is 0. The van der Waals surface area contributed by atoms with Gasteiger partial charge in [0.1, 0.15) is 0 Å². The second kappa shape index (κ2) is 96.6. The number of halogens is 3. The molecule has 0 spiro atoms. The van der Waals surface area contributed by atoms with Crippen LogP contribution in [-0.2, 0) is 0 Å². The molecule has 3 nitrogen and oxygen atoms in total. The van der Waals surface area contributed by atoms with E-state index in [1.165, 1.54) is 0 Å². The quantitative estimate of drug-likeness (QED) is 0.379. The third kappa shape index (κ3) is 1820. The Balaban J connectivity index is -0.00000001000. The van der Waals surface area contributed by atoms with E-state index in [1.807, 2.05) is 58.2 Å². The lowest BCUT2D eigenvalue weighted by Gasteiger charge is -1.57. The van der Waals surface area contributed by atoms with Crippen LogP contribution in [-0.4, -0.2) is 42.3 Å². The van der Waals surface area contributed by atoms with Crippen LogP contribution in [0.3, 0.4) is 0 Å². The predicted molar refractivity (Wildman–Crippen MR) is 41.3 cm³/mol. The summed E-state index contributed by atoms with van der Waals surface area (Å²) in [6.45, 7) is 0. The predicted octanol–water partition coefficient (Wildman–Crippen LogP) is -12.6. The fourth-order valence-electron chi connectivity index (χ4n) is 0. The highest BCUT2D eigenvalue weighted by Crippen LogP contribution is 0.592. The Bertz CT molecular complexity index is 22.8. The van der Waals surface area contributed by atoms with Crippen molar-refractivity contribution < 1.29 is 53.2 Å². The zero-order chi connectivity index (χ0) is 8.12. The highest BCUT2D eigenvalue weighted by atomic mass is 35.5. The summed E-state index contributed by atoms with van der Waals surface area (Å²) in [5, 5.41) is 6.00. The SMILES string of the molecule is C[NH2+]C.C[NH2+]C.C[NH2+]C.[Cl-].[Cl-].[Cl-]. The van der Waals surface area contributed by atoms with Gasteiger partial charge in [-0.05, 0) is 0 Å². The number of hydrogen-bond donors (Lipinski definition) is 3. The van der Waals surface area contributed by atoms with E-state index >= 15 is 0 Å². The van der Waals surface area contributed by atoms with Crippen LogP contribution in [0.2, 0.25) is 0 Å². The number of quaternary nitrogens is 3. The summed E-state index contributed by atoms with van der Waals surface area (Å²) in [7, 11) is 12.0. The fraction of sp³-hybridized carbons (Fsp3) is 1.00. The molecule has 0 unspecified atom stereocenters. The van der Waals surface area contributed by atoms with Gasteiger partial charge in [0.2, 0.25) is 0 Å². The van der Waals surface area contributed by atoms with Gasteiger partial charge in [-0.2, -0.15) is 0 Å². The van der Waals surface area contributed by atoms with Crippen LogP contribution in [0.1, 0.15) is 0 Å². The van der Waals surface area contributed by atoms with Crippen molar-refractivity contribution in [1.82, 2.24) is 0 Å². The Morgan fingerprint density at radius 3 is 0.417 bits per heavy atom. The number of nitrogens with two attached hydrogens (primary N) is 3.